The topological polar surface area (TPSA) is 135 Å². The summed E-state index contributed by atoms with van der Waals surface area (Å²) >= 11 is 0. The molecule has 46 heavy (non-hydrogen) atoms. The van der Waals surface area contributed by atoms with Gasteiger partial charge >= 0.3 is 5.69 Å². The van der Waals surface area contributed by atoms with Crippen LogP contribution in [0, 0.1) is 10.1 Å². The van der Waals surface area contributed by atoms with Crippen molar-refractivity contribution in [1.29, 1.82) is 0 Å². The molecule has 0 atom stereocenters. The van der Waals surface area contributed by atoms with Crippen molar-refractivity contribution in [2.45, 2.75) is 0 Å². The van der Waals surface area contributed by atoms with Crippen LogP contribution in [0.4, 0.5) is 11.4 Å². The van der Waals surface area contributed by atoms with E-state index in [4.69, 9.17) is 28.1 Å². The van der Waals surface area contributed by atoms with Gasteiger partial charge in [-0.15, -0.1) is 0 Å². The van der Waals surface area contributed by atoms with E-state index in [-0.39, 0.29) is 17.8 Å². The second-order valence-corrected chi connectivity index (χ2v) is 10.2. The highest BCUT2D eigenvalue weighted by atomic mass is 16.6. The van der Waals surface area contributed by atoms with E-state index in [2.05, 4.69) is 4.99 Å². The number of benzene rings is 4. The highest BCUT2D eigenvalue weighted by molar-refractivity contribution is 6.13. The quantitative estimate of drug-likeness (QED) is 0.125. The van der Waals surface area contributed by atoms with Gasteiger partial charge in [-0.2, -0.15) is 0 Å². The number of nitrogens with zero attached hydrogens (tertiary/aromatic N) is 2. The molecule has 0 unspecified atom stereocenters. The van der Waals surface area contributed by atoms with Crippen LogP contribution in [-0.4, -0.2) is 69.1 Å². The van der Waals surface area contributed by atoms with E-state index in [0.717, 1.165) is 11.1 Å². The van der Waals surface area contributed by atoms with E-state index in [1.54, 1.807) is 18.2 Å². The van der Waals surface area contributed by atoms with Gasteiger partial charge in [0, 0.05) is 28.8 Å². The Morgan fingerprint density at radius 3 is 1.93 bits per heavy atom. The van der Waals surface area contributed by atoms with Gasteiger partial charge in [0.05, 0.1) is 61.9 Å². The fourth-order valence-corrected chi connectivity index (χ4v) is 5.12. The minimum atomic E-state index is -0.643. The molecule has 0 amide bonds. The van der Waals surface area contributed by atoms with Crippen molar-refractivity contribution in [3.8, 4) is 39.7 Å². The number of furan rings is 1. The van der Waals surface area contributed by atoms with Gasteiger partial charge in [-0.25, -0.2) is 0 Å². The largest absolute Gasteiger partial charge is 0.502 e. The Morgan fingerprint density at radius 1 is 0.717 bits per heavy atom. The van der Waals surface area contributed by atoms with Crippen molar-refractivity contribution in [1.82, 2.24) is 0 Å². The fourth-order valence-electron chi connectivity index (χ4n) is 5.12. The molecule has 0 spiro atoms. The number of hydrogen-bond acceptors (Lipinski definition) is 10. The number of nitro benzene ring substituents is 1. The molecule has 236 valence electrons. The Bertz CT molecular complexity index is 1820. The summed E-state index contributed by atoms with van der Waals surface area (Å²) in [6, 6.07) is 25.4. The van der Waals surface area contributed by atoms with Gasteiger partial charge in [0.25, 0.3) is 0 Å². The van der Waals surface area contributed by atoms with Crippen molar-refractivity contribution in [3.63, 3.8) is 0 Å². The molecule has 0 bridgehead atoms. The van der Waals surface area contributed by atoms with E-state index in [1.165, 1.54) is 12.3 Å². The summed E-state index contributed by atoms with van der Waals surface area (Å²) in [6.07, 6.45) is 1.41. The number of fused-ring (bicyclic) bond motifs is 2. The molecule has 0 saturated heterocycles. The zero-order valence-electron chi connectivity index (χ0n) is 24.9. The molecule has 1 N–H and O–H groups in total. The number of aromatic hydroxyl groups is 1. The number of rotatable bonds is 5. The first kappa shape index (κ1) is 30.8. The third kappa shape index (κ3) is 7.02. The Morgan fingerprint density at radius 2 is 1.30 bits per heavy atom. The maximum Gasteiger partial charge on any atom is 0.315 e. The van der Waals surface area contributed by atoms with Gasteiger partial charge in [-0.1, -0.05) is 60.7 Å². The lowest BCUT2D eigenvalue weighted by Crippen LogP contribution is -2.13. The van der Waals surface area contributed by atoms with Gasteiger partial charge in [0.1, 0.15) is 24.6 Å². The number of hydrogen-bond donors (Lipinski definition) is 1. The molecule has 11 heteroatoms. The van der Waals surface area contributed by atoms with Crippen LogP contribution >= 0.6 is 0 Å². The standard InChI is InChI=1S/C35H32N2O9/c38-34-27(23-36-26-11-12-29-30(21-26)45-20-18-43-16-14-41-13-15-42-17-19-44-29)33-31(22-28(34)37(39)40)46-35(25-9-5-2-6-10-25)32(33)24-7-3-1-4-8-24/h1-12,21-23,38H,13-20H2. The average Bonchev–Trinajstić information content (AvgIpc) is 3.46. The lowest BCUT2D eigenvalue weighted by molar-refractivity contribution is -0.385. The predicted molar refractivity (Wildman–Crippen MR) is 173 cm³/mol. The minimum absolute atomic E-state index is 0.148. The number of phenolic OH excluding ortho intramolecular Hbond substituents is 1. The molecular weight excluding hydrogens is 592 g/mol. The molecule has 1 aliphatic rings. The highest BCUT2D eigenvalue weighted by Gasteiger charge is 2.27. The van der Waals surface area contributed by atoms with Gasteiger partial charge < -0.3 is 33.2 Å². The van der Waals surface area contributed by atoms with Gasteiger partial charge in [0.15, 0.2) is 11.5 Å². The molecule has 11 nitrogen and oxygen atoms in total. The average molecular weight is 625 g/mol. The summed E-state index contributed by atoms with van der Waals surface area (Å²) in [5, 5.41) is 23.8. The summed E-state index contributed by atoms with van der Waals surface area (Å²) in [7, 11) is 0. The number of phenols is 1. The summed E-state index contributed by atoms with van der Waals surface area (Å²) in [6.45, 7) is 3.12. The Balaban J connectivity index is 1.43. The van der Waals surface area contributed by atoms with Crippen LogP contribution in [0.2, 0.25) is 0 Å². The lowest BCUT2D eigenvalue weighted by Gasteiger charge is -2.13. The van der Waals surface area contributed by atoms with Crippen molar-refractivity contribution >= 4 is 28.6 Å². The predicted octanol–water partition coefficient (Wildman–Crippen LogP) is 6.95. The van der Waals surface area contributed by atoms with Crippen molar-refractivity contribution in [2.75, 3.05) is 52.9 Å². The van der Waals surface area contributed by atoms with E-state index in [9.17, 15) is 15.2 Å². The molecule has 4 aromatic carbocycles. The first-order valence-corrected chi connectivity index (χ1v) is 14.8. The van der Waals surface area contributed by atoms with Crippen LogP contribution < -0.4 is 9.47 Å². The van der Waals surface area contributed by atoms with Crippen molar-refractivity contribution in [3.05, 3.63) is 101 Å². The molecule has 1 aromatic heterocycles. The van der Waals surface area contributed by atoms with Crippen LogP contribution in [0.15, 0.2) is 94.3 Å². The number of ether oxygens (including phenoxy) is 5. The summed E-state index contributed by atoms with van der Waals surface area (Å²) < 4.78 is 34.7. The molecule has 5 aromatic rings. The van der Waals surface area contributed by atoms with Gasteiger partial charge in [0.2, 0.25) is 5.75 Å². The number of nitro groups is 1. The van der Waals surface area contributed by atoms with E-state index in [0.29, 0.717) is 80.1 Å². The normalized spacial score (nSPS) is 15.0. The Labute approximate surface area is 264 Å². The third-order valence-electron chi connectivity index (χ3n) is 7.25. The van der Waals surface area contributed by atoms with E-state index < -0.39 is 16.4 Å². The molecule has 0 fully saturated rings. The molecule has 0 saturated carbocycles. The molecule has 1 aliphatic heterocycles. The van der Waals surface area contributed by atoms with E-state index >= 15 is 0 Å². The smallest absolute Gasteiger partial charge is 0.315 e. The van der Waals surface area contributed by atoms with Crippen LogP contribution in [0.3, 0.4) is 0 Å². The summed E-state index contributed by atoms with van der Waals surface area (Å²) in [5.74, 6) is 0.941. The van der Waals surface area contributed by atoms with E-state index in [1.807, 2.05) is 60.7 Å². The second-order valence-electron chi connectivity index (χ2n) is 10.2. The second kappa shape index (κ2) is 14.7. The van der Waals surface area contributed by atoms with Crippen molar-refractivity contribution in [2.24, 2.45) is 4.99 Å². The Hall–Kier alpha value is -5.23. The maximum atomic E-state index is 12.0. The highest BCUT2D eigenvalue weighted by Crippen LogP contribution is 2.46. The molecule has 0 aliphatic carbocycles. The van der Waals surface area contributed by atoms with Crippen molar-refractivity contribution < 1.29 is 38.1 Å². The molecular formula is C35H32N2O9. The molecule has 6 rings (SSSR count). The Kier molecular flexibility index (Phi) is 9.84. The summed E-state index contributed by atoms with van der Waals surface area (Å²) in [5.41, 5.74) is 2.64. The SMILES string of the molecule is O=[N+]([O-])c1cc2oc(-c3ccccc3)c(-c3ccccc3)c2c(C=Nc2ccc3c(c2)OCCOCCOCCOCCO3)c1O. The molecule has 0 radical (unpaired) electrons. The first-order chi connectivity index (χ1) is 22.6. The number of aliphatic imine (C=N–C) groups is 1. The van der Waals surface area contributed by atoms with Crippen LogP contribution in [-0.2, 0) is 14.2 Å². The fraction of sp³-hybridized carbons (Fsp3) is 0.229. The maximum absolute atomic E-state index is 12.0. The van der Waals surface area contributed by atoms with Crippen LogP contribution in [0.25, 0.3) is 33.4 Å². The first-order valence-electron chi connectivity index (χ1n) is 14.8. The van der Waals surface area contributed by atoms with Crippen LogP contribution in [0.5, 0.6) is 17.2 Å². The zero-order chi connectivity index (χ0) is 31.7. The van der Waals surface area contributed by atoms with Gasteiger partial charge in [-0.3, -0.25) is 15.1 Å². The summed E-state index contributed by atoms with van der Waals surface area (Å²) in [4.78, 5) is 16.0. The van der Waals surface area contributed by atoms with Gasteiger partial charge in [-0.05, 0) is 17.7 Å². The van der Waals surface area contributed by atoms with Crippen LogP contribution in [0.1, 0.15) is 5.56 Å². The third-order valence-corrected chi connectivity index (χ3v) is 7.25. The minimum Gasteiger partial charge on any atom is -0.502 e. The zero-order valence-corrected chi connectivity index (χ0v) is 24.9. The lowest BCUT2D eigenvalue weighted by atomic mass is 9.95. The monoisotopic (exact) mass is 624 g/mol. The molecule has 2 heterocycles.